The van der Waals surface area contributed by atoms with E-state index in [2.05, 4.69) is 10.2 Å². The predicted octanol–water partition coefficient (Wildman–Crippen LogP) is 1.44. The summed E-state index contributed by atoms with van der Waals surface area (Å²) >= 11 is 0. The average molecular weight is 249 g/mol. The molecule has 0 aliphatic carbocycles. The molecule has 96 valence electrons. The van der Waals surface area contributed by atoms with Crippen LogP contribution in [0.1, 0.15) is 5.56 Å². The lowest BCUT2D eigenvalue weighted by Crippen LogP contribution is -2.43. The number of morpholine rings is 1. The summed E-state index contributed by atoms with van der Waals surface area (Å²) in [6, 6.07) is 6.14. The number of likely N-dealkylation sites (N-methyl/N-ethyl adjacent to an activating group) is 1. The topological polar surface area (TPSA) is 48.3 Å². The van der Waals surface area contributed by atoms with Gasteiger partial charge in [-0.05, 0) is 25.2 Å². The van der Waals surface area contributed by atoms with Gasteiger partial charge in [-0.2, -0.15) is 5.26 Å². The highest BCUT2D eigenvalue weighted by Gasteiger charge is 2.17. The van der Waals surface area contributed by atoms with Crippen molar-refractivity contribution >= 4 is 5.69 Å². The minimum Gasteiger partial charge on any atom is -0.381 e. The Hall–Kier alpha value is -1.64. The lowest BCUT2D eigenvalue weighted by molar-refractivity contribution is -0.0117. The molecule has 1 atom stereocenters. The van der Waals surface area contributed by atoms with Gasteiger partial charge < -0.3 is 15.0 Å². The van der Waals surface area contributed by atoms with Crippen LogP contribution in [0.5, 0.6) is 0 Å². The molecule has 5 heteroatoms. The van der Waals surface area contributed by atoms with E-state index in [0.717, 1.165) is 19.7 Å². The number of nitrogens with zero attached hydrogens (tertiary/aromatic N) is 2. The molecule has 4 nitrogen and oxygen atoms in total. The highest BCUT2D eigenvalue weighted by Crippen LogP contribution is 2.16. The Kier molecular flexibility index (Phi) is 4.13. The SMILES string of the molecule is CN1CCOC(CNc2ccc(F)cc2C#N)C1. The van der Waals surface area contributed by atoms with Crippen LogP contribution in [0.2, 0.25) is 0 Å². The van der Waals surface area contributed by atoms with E-state index in [9.17, 15) is 4.39 Å². The van der Waals surface area contributed by atoms with E-state index in [1.807, 2.05) is 13.1 Å². The summed E-state index contributed by atoms with van der Waals surface area (Å²) in [6.07, 6.45) is 0.0975. The van der Waals surface area contributed by atoms with E-state index < -0.39 is 5.82 Å². The number of halogens is 1. The van der Waals surface area contributed by atoms with Gasteiger partial charge in [0.1, 0.15) is 11.9 Å². The predicted molar refractivity (Wildman–Crippen MR) is 66.8 cm³/mol. The number of benzene rings is 1. The Bertz CT molecular complexity index is 458. The second-order valence-corrected chi connectivity index (χ2v) is 4.44. The van der Waals surface area contributed by atoms with E-state index >= 15 is 0 Å². The molecular formula is C13H16FN3O. The van der Waals surface area contributed by atoms with Crippen molar-refractivity contribution in [2.45, 2.75) is 6.10 Å². The van der Waals surface area contributed by atoms with Gasteiger partial charge >= 0.3 is 0 Å². The maximum atomic E-state index is 13.0. The fourth-order valence-electron chi connectivity index (χ4n) is 1.98. The van der Waals surface area contributed by atoms with Crippen molar-refractivity contribution in [1.82, 2.24) is 4.90 Å². The largest absolute Gasteiger partial charge is 0.381 e. The monoisotopic (exact) mass is 249 g/mol. The van der Waals surface area contributed by atoms with Crippen LogP contribution in [0.4, 0.5) is 10.1 Å². The molecular weight excluding hydrogens is 233 g/mol. The average Bonchev–Trinajstić information content (AvgIpc) is 2.37. The van der Waals surface area contributed by atoms with Crippen molar-refractivity contribution < 1.29 is 9.13 Å². The Labute approximate surface area is 106 Å². The van der Waals surface area contributed by atoms with Gasteiger partial charge in [-0.15, -0.1) is 0 Å². The molecule has 0 aromatic heterocycles. The third-order valence-corrected chi connectivity index (χ3v) is 2.96. The standard InChI is InChI=1S/C13H16FN3O/c1-17-4-5-18-12(9-17)8-16-13-3-2-11(14)6-10(13)7-15/h2-3,6,12,16H,4-5,8-9H2,1H3. The minimum atomic E-state index is -0.397. The maximum absolute atomic E-state index is 13.0. The first-order valence-corrected chi connectivity index (χ1v) is 5.92. The van der Waals surface area contributed by atoms with Crippen molar-refractivity contribution in [3.8, 4) is 6.07 Å². The van der Waals surface area contributed by atoms with Gasteiger partial charge in [0.2, 0.25) is 0 Å². The zero-order chi connectivity index (χ0) is 13.0. The lowest BCUT2D eigenvalue weighted by Gasteiger charge is -2.30. The summed E-state index contributed by atoms with van der Waals surface area (Å²) in [5.41, 5.74) is 0.967. The third kappa shape index (κ3) is 3.19. The van der Waals surface area contributed by atoms with Gasteiger partial charge in [-0.1, -0.05) is 0 Å². The first-order chi connectivity index (χ1) is 8.69. The van der Waals surface area contributed by atoms with E-state index in [4.69, 9.17) is 10.00 Å². The van der Waals surface area contributed by atoms with Crippen LogP contribution in [-0.2, 0) is 4.74 Å². The molecule has 1 aliphatic rings. The van der Waals surface area contributed by atoms with Crippen LogP contribution in [0.3, 0.4) is 0 Å². The highest BCUT2D eigenvalue weighted by atomic mass is 19.1. The zero-order valence-corrected chi connectivity index (χ0v) is 10.3. The Morgan fingerprint density at radius 3 is 3.17 bits per heavy atom. The number of nitrogens with one attached hydrogen (secondary N) is 1. The first-order valence-electron chi connectivity index (χ1n) is 5.92. The highest BCUT2D eigenvalue weighted by molar-refractivity contribution is 5.57. The summed E-state index contributed by atoms with van der Waals surface area (Å²) in [5.74, 6) is -0.397. The Morgan fingerprint density at radius 2 is 2.44 bits per heavy atom. The third-order valence-electron chi connectivity index (χ3n) is 2.96. The second-order valence-electron chi connectivity index (χ2n) is 4.44. The summed E-state index contributed by atoms with van der Waals surface area (Å²) in [4.78, 5) is 2.20. The molecule has 1 aromatic carbocycles. The normalized spacial score (nSPS) is 20.4. The van der Waals surface area contributed by atoms with Crippen LogP contribution in [0.15, 0.2) is 18.2 Å². The van der Waals surface area contributed by atoms with Gasteiger partial charge in [0, 0.05) is 19.6 Å². The molecule has 0 radical (unpaired) electrons. The molecule has 1 saturated heterocycles. The molecule has 0 saturated carbocycles. The van der Waals surface area contributed by atoms with Crippen molar-refractivity contribution in [3.63, 3.8) is 0 Å². The van der Waals surface area contributed by atoms with E-state index in [1.165, 1.54) is 12.1 Å². The zero-order valence-electron chi connectivity index (χ0n) is 10.3. The molecule has 0 bridgehead atoms. The number of nitriles is 1. The van der Waals surface area contributed by atoms with Gasteiger partial charge in [-0.25, -0.2) is 4.39 Å². The number of rotatable bonds is 3. The van der Waals surface area contributed by atoms with Crippen molar-refractivity contribution in [2.24, 2.45) is 0 Å². The molecule has 0 amide bonds. The van der Waals surface area contributed by atoms with Crippen LogP contribution in [0, 0.1) is 17.1 Å². The number of hydrogen-bond donors (Lipinski definition) is 1. The van der Waals surface area contributed by atoms with Gasteiger partial charge in [0.05, 0.1) is 24.0 Å². The molecule has 0 spiro atoms. The molecule has 2 rings (SSSR count). The maximum Gasteiger partial charge on any atom is 0.124 e. The summed E-state index contributed by atoms with van der Waals surface area (Å²) < 4.78 is 18.6. The molecule has 1 fully saturated rings. The van der Waals surface area contributed by atoms with Crippen molar-refractivity contribution in [1.29, 1.82) is 5.26 Å². The van der Waals surface area contributed by atoms with E-state index in [-0.39, 0.29) is 6.10 Å². The first kappa shape index (κ1) is 12.8. The second kappa shape index (κ2) is 5.80. The van der Waals surface area contributed by atoms with Crippen LogP contribution >= 0.6 is 0 Å². The Morgan fingerprint density at radius 1 is 1.61 bits per heavy atom. The van der Waals surface area contributed by atoms with Gasteiger partial charge in [-0.3, -0.25) is 0 Å². The van der Waals surface area contributed by atoms with Crippen LogP contribution < -0.4 is 5.32 Å². The fraction of sp³-hybridized carbons (Fsp3) is 0.462. The number of ether oxygens (including phenoxy) is 1. The fourth-order valence-corrected chi connectivity index (χ4v) is 1.98. The van der Waals surface area contributed by atoms with Crippen LogP contribution in [-0.4, -0.2) is 44.3 Å². The molecule has 18 heavy (non-hydrogen) atoms. The molecule has 1 heterocycles. The van der Waals surface area contributed by atoms with E-state index in [1.54, 1.807) is 6.07 Å². The van der Waals surface area contributed by atoms with E-state index in [0.29, 0.717) is 17.8 Å². The molecule has 1 N–H and O–H groups in total. The van der Waals surface area contributed by atoms with Gasteiger partial charge in [0.25, 0.3) is 0 Å². The van der Waals surface area contributed by atoms with Gasteiger partial charge in [0.15, 0.2) is 0 Å². The molecule has 1 unspecified atom stereocenters. The summed E-state index contributed by atoms with van der Waals surface area (Å²) in [7, 11) is 2.05. The van der Waals surface area contributed by atoms with Crippen molar-refractivity contribution in [3.05, 3.63) is 29.6 Å². The Balaban J connectivity index is 1.96. The molecule has 1 aliphatic heterocycles. The minimum absolute atomic E-state index is 0.0975. The number of anilines is 1. The summed E-state index contributed by atoms with van der Waals surface area (Å²) in [6.45, 7) is 3.13. The molecule has 1 aromatic rings. The quantitative estimate of drug-likeness (QED) is 0.880. The summed E-state index contributed by atoms with van der Waals surface area (Å²) in [5, 5.41) is 12.1. The number of hydrogen-bond acceptors (Lipinski definition) is 4. The smallest absolute Gasteiger partial charge is 0.124 e. The van der Waals surface area contributed by atoms with Crippen molar-refractivity contribution in [2.75, 3.05) is 38.6 Å². The lowest BCUT2D eigenvalue weighted by atomic mass is 10.2. The van der Waals surface area contributed by atoms with Crippen LogP contribution in [0.25, 0.3) is 0 Å².